The lowest BCUT2D eigenvalue weighted by atomic mass is 9.91. The predicted molar refractivity (Wildman–Crippen MR) is 113 cm³/mol. The minimum atomic E-state index is -0.688. The van der Waals surface area contributed by atoms with Gasteiger partial charge in [-0.2, -0.15) is 0 Å². The van der Waals surface area contributed by atoms with Crippen LogP contribution in [-0.2, 0) is 6.42 Å². The first-order valence-corrected chi connectivity index (χ1v) is 10.2. The van der Waals surface area contributed by atoms with Gasteiger partial charge in [-0.25, -0.2) is 9.18 Å². The van der Waals surface area contributed by atoms with Gasteiger partial charge in [-0.15, -0.1) is 0 Å². The topological polar surface area (TPSA) is 64.6 Å². The Labute approximate surface area is 171 Å². The maximum absolute atomic E-state index is 13.1. The number of aliphatic hydroxyl groups is 1. The summed E-state index contributed by atoms with van der Waals surface area (Å²) in [6.45, 7) is 4.34. The number of amides is 2. The molecule has 1 aliphatic rings. The van der Waals surface area contributed by atoms with E-state index in [4.69, 9.17) is 0 Å². The van der Waals surface area contributed by atoms with Gasteiger partial charge < -0.3 is 20.6 Å². The number of halogens is 1. The second-order valence-electron chi connectivity index (χ2n) is 7.91. The van der Waals surface area contributed by atoms with Crippen molar-refractivity contribution in [2.24, 2.45) is 5.92 Å². The summed E-state index contributed by atoms with van der Waals surface area (Å²) in [5.74, 6) is 0.281. The Morgan fingerprint density at radius 3 is 2.76 bits per heavy atom. The van der Waals surface area contributed by atoms with Crippen LogP contribution in [0.3, 0.4) is 0 Å². The summed E-state index contributed by atoms with van der Waals surface area (Å²) >= 11 is 0. The van der Waals surface area contributed by atoms with Crippen LogP contribution < -0.4 is 10.6 Å². The van der Waals surface area contributed by atoms with Crippen LogP contribution in [0, 0.1) is 18.7 Å². The fraction of sp³-hybridized carbons (Fsp3) is 0.435. The van der Waals surface area contributed by atoms with E-state index in [1.54, 1.807) is 7.05 Å². The van der Waals surface area contributed by atoms with Crippen molar-refractivity contribution in [1.82, 2.24) is 10.2 Å². The summed E-state index contributed by atoms with van der Waals surface area (Å²) in [5, 5.41) is 16.2. The second kappa shape index (κ2) is 9.85. The minimum absolute atomic E-state index is 0.207. The third-order valence-corrected chi connectivity index (χ3v) is 5.51. The van der Waals surface area contributed by atoms with Gasteiger partial charge in [0.15, 0.2) is 0 Å². The van der Waals surface area contributed by atoms with Gasteiger partial charge in [0.1, 0.15) is 5.82 Å². The number of benzene rings is 2. The van der Waals surface area contributed by atoms with Crippen LogP contribution >= 0.6 is 0 Å². The molecule has 1 aliphatic heterocycles. The number of likely N-dealkylation sites (tertiary alicyclic amines) is 1. The highest BCUT2D eigenvalue weighted by atomic mass is 19.1. The van der Waals surface area contributed by atoms with E-state index in [0.29, 0.717) is 18.2 Å². The fourth-order valence-corrected chi connectivity index (χ4v) is 4.04. The molecule has 3 N–H and O–H groups in total. The number of nitrogens with one attached hydrogen (secondary N) is 2. The third kappa shape index (κ3) is 6.02. The van der Waals surface area contributed by atoms with E-state index >= 15 is 0 Å². The lowest BCUT2D eigenvalue weighted by molar-refractivity contribution is 0.0847. The predicted octanol–water partition coefficient (Wildman–Crippen LogP) is 3.87. The van der Waals surface area contributed by atoms with E-state index in [2.05, 4.69) is 15.5 Å². The van der Waals surface area contributed by atoms with E-state index < -0.39 is 6.10 Å². The van der Waals surface area contributed by atoms with Gasteiger partial charge in [-0.05, 0) is 62.4 Å². The highest BCUT2D eigenvalue weighted by Crippen LogP contribution is 2.28. The molecule has 0 aliphatic carbocycles. The molecule has 0 saturated carbocycles. The number of hydrogen-bond donors (Lipinski definition) is 3. The number of anilines is 1. The monoisotopic (exact) mass is 399 g/mol. The summed E-state index contributed by atoms with van der Waals surface area (Å²) in [6.07, 6.45) is 2.45. The number of hydrogen-bond acceptors (Lipinski definition) is 3. The molecular weight excluding hydrogens is 369 g/mol. The van der Waals surface area contributed by atoms with Gasteiger partial charge in [0.25, 0.3) is 0 Å². The van der Waals surface area contributed by atoms with Gasteiger partial charge >= 0.3 is 6.03 Å². The molecule has 1 fully saturated rings. The van der Waals surface area contributed by atoms with Crippen LogP contribution in [0.1, 0.15) is 35.6 Å². The SMILES string of the molecule is CNC(=O)Nc1ccc(C)cc1C(O)CN1CCCC(Cc2ccc(F)cc2)C1. The van der Waals surface area contributed by atoms with Gasteiger partial charge in [-0.3, -0.25) is 0 Å². The molecule has 1 heterocycles. The highest BCUT2D eigenvalue weighted by Gasteiger charge is 2.24. The number of nitrogens with zero attached hydrogens (tertiary/aromatic N) is 1. The van der Waals surface area contributed by atoms with Crippen molar-refractivity contribution in [3.63, 3.8) is 0 Å². The quantitative estimate of drug-likeness (QED) is 0.691. The summed E-state index contributed by atoms with van der Waals surface area (Å²) in [4.78, 5) is 14.0. The molecule has 6 heteroatoms. The average Bonchev–Trinajstić information content (AvgIpc) is 2.71. The van der Waals surface area contributed by atoms with Crippen LogP contribution in [-0.4, -0.2) is 42.7 Å². The highest BCUT2D eigenvalue weighted by molar-refractivity contribution is 5.90. The molecule has 0 aromatic heterocycles. The van der Waals surface area contributed by atoms with E-state index in [-0.39, 0.29) is 11.8 Å². The Hall–Kier alpha value is -2.44. The van der Waals surface area contributed by atoms with Crippen LogP contribution in [0.25, 0.3) is 0 Å². The number of carbonyl (C=O) groups is 1. The molecule has 2 aromatic rings. The number of piperidine rings is 1. The van der Waals surface area contributed by atoms with E-state index in [1.807, 2.05) is 37.3 Å². The van der Waals surface area contributed by atoms with Gasteiger partial charge in [-0.1, -0.05) is 29.8 Å². The van der Waals surface area contributed by atoms with Gasteiger partial charge in [0.2, 0.25) is 0 Å². The zero-order valence-corrected chi connectivity index (χ0v) is 17.1. The molecule has 5 nitrogen and oxygen atoms in total. The molecule has 2 aromatic carbocycles. The van der Waals surface area contributed by atoms with Crippen molar-refractivity contribution >= 4 is 11.7 Å². The third-order valence-electron chi connectivity index (χ3n) is 5.51. The van der Waals surface area contributed by atoms with Crippen molar-refractivity contribution in [2.75, 3.05) is 32.0 Å². The molecule has 2 amide bonds. The van der Waals surface area contributed by atoms with E-state index in [1.165, 1.54) is 12.1 Å². The molecule has 2 unspecified atom stereocenters. The zero-order valence-electron chi connectivity index (χ0n) is 17.1. The first kappa shape index (κ1) is 21.3. The minimum Gasteiger partial charge on any atom is -0.387 e. The largest absolute Gasteiger partial charge is 0.387 e. The molecule has 156 valence electrons. The van der Waals surface area contributed by atoms with Crippen LogP contribution in [0.5, 0.6) is 0 Å². The van der Waals surface area contributed by atoms with Gasteiger partial charge in [0.05, 0.1) is 6.10 Å². The van der Waals surface area contributed by atoms with Crippen molar-refractivity contribution in [3.8, 4) is 0 Å². The average molecular weight is 400 g/mol. The normalized spacial score (nSPS) is 18.3. The van der Waals surface area contributed by atoms with Crippen molar-refractivity contribution in [3.05, 3.63) is 65.0 Å². The summed E-state index contributed by atoms with van der Waals surface area (Å²) < 4.78 is 13.1. The molecular formula is C23H30FN3O2. The molecule has 0 bridgehead atoms. The van der Waals surface area contributed by atoms with Gasteiger partial charge in [0, 0.05) is 31.4 Å². The Balaban J connectivity index is 1.64. The zero-order chi connectivity index (χ0) is 20.8. The second-order valence-corrected chi connectivity index (χ2v) is 7.91. The molecule has 3 rings (SSSR count). The fourth-order valence-electron chi connectivity index (χ4n) is 4.04. The first-order chi connectivity index (χ1) is 13.9. The van der Waals surface area contributed by atoms with Crippen molar-refractivity contribution in [2.45, 2.75) is 32.3 Å². The Morgan fingerprint density at radius 1 is 1.28 bits per heavy atom. The summed E-state index contributed by atoms with van der Waals surface area (Å²) in [7, 11) is 1.56. The number of aryl methyl sites for hydroxylation is 1. The molecule has 0 radical (unpaired) electrons. The molecule has 29 heavy (non-hydrogen) atoms. The number of urea groups is 1. The van der Waals surface area contributed by atoms with Crippen molar-refractivity contribution < 1.29 is 14.3 Å². The number of aliphatic hydroxyl groups excluding tert-OH is 1. The number of carbonyl (C=O) groups excluding carboxylic acids is 1. The first-order valence-electron chi connectivity index (χ1n) is 10.2. The van der Waals surface area contributed by atoms with Crippen LogP contribution in [0.15, 0.2) is 42.5 Å². The molecule has 0 spiro atoms. The van der Waals surface area contributed by atoms with Crippen molar-refractivity contribution in [1.29, 1.82) is 0 Å². The van der Waals surface area contributed by atoms with E-state index in [9.17, 15) is 14.3 Å². The Kier molecular flexibility index (Phi) is 7.23. The Morgan fingerprint density at radius 2 is 2.03 bits per heavy atom. The van der Waals surface area contributed by atoms with Crippen LogP contribution in [0.4, 0.5) is 14.9 Å². The number of rotatable bonds is 6. The lowest BCUT2D eigenvalue weighted by Gasteiger charge is -2.34. The lowest BCUT2D eigenvalue weighted by Crippen LogP contribution is -2.39. The smallest absolute Gasteiger partial charge is 0.318 e. The summed E-state index contributed by atoms with van der Waals surface area (Å²) in [6, 6.07) is 12.1. The van der Waals surface area contributed by atoms with Crippen LogP contribution in [0.2, 0.25) is 0 Å². The number of β-amino-alcohol motifs (C(OH)–C–C–N with tert-alkyl or cyclic N) is 1. The molecule has 2 atom stereocenters. The standard InChI is InChI=1S/C23H30FN3O2/c1-16-5-10-21(26-23(29)25-2)20(12-16)22(28)15-27-11-3-4-18(14-27)13-17-6-8-19(24)9-7-17/h5-10,12,18,22,28H,3-4,11,13-15H2,1-2H3,(H2,25,26,29). The maximum atomic E-state index is 13.1. The van der Waals surface area contributed by atoms with E-state index in [0.717, 1.165) is 49.0 Å². The maximum Gasteiger partial charge on any atom is 0.318 e. The summed E-state index contributed by atoms with van der Waals surface area (Å²) in [5.41, 5.74) is 3.54. The Bertz CT molecular complexity index is 825. The molecule has 1 saturated heterocycles.